The van der Waals surface area contributed by atoms with Crippen LogP contribution in [0.3, 0.4) is 0 Å². The van der Waals surface area contributed by atoms with Crippen LogP contribution in [0.2, 0.25) is 0 Å². The summed E-state index contributed by atoms with van der Waals surface area (Å²) in [5.74, 6) is 0. The highest BCUT2D eigenvalue weighted by Gasteiger charge is 2.27. The van der Waals surface area contributed by atoms with Crippen LogP contribution < -0.4 is 5.32 Å². The molecule has 2 heterocycles. The average molecular weight is 280 g/mol. The third-order valence-corrected chi connectivity index (χ3v) is 3.94. The molecule has 1 aromatic heterocycles. The van der Waals surface area contributed by atoms with Crippen molar-refractivity contribution in [1.29, 1.82) is 0 Å². The summed E-state index contributed by atoms with van der Waals surface area (Å²) in [5, 5.41) is 7.92. The van der Waals surface area contributed by atoms with Gasteiger partial charge in [0.2, 0.25) is 0 Å². The van der Waals surface area contributed by atoms with Crippen molar-refractivity contribution in [3.8, 4) is 0 Å². The van der Waals surface area contributed by atoms with E-state index in [0.717, 1.165) is 45.6 Å². The van der Waals surface area contributed by atoms with Gasteiger partial charge in [0.15, 0.2) is 0 Å². The van der Waals surface area contributed by atoms with Crippen LogP contribution in [0, 0.1) is 0 Å². The monoisotopic (exact) mass is 280 g/mol. The van der Waals surface area contributed by atoms with Gasteiger partial charge in [-0.3, -0.25) is 9.58 Å². The van der Waals surface area contributed by atoms with Gasteiger partial charge in [0, 0.05) is 32.4 Å². The van der Waals surface area contributed by atoms with Gasteiger partial charge in [0.1, 0.15) is 0 Å². The van der Waals surface area contributed by atoms with E-state index >= 15 is 0 Å². The van der Waals surface area contributed by atoms with Crippen molar-refractivity contribution in [3.63, 3.8) is 0 Å². The van der Waals surface area contributed by atoms with Crippen molar-refractivity contribution < 1.29 is 4.74 Å². The fourth-order valence-electron chi connectivity index (χ4n) is 2.76. The SMILES string of the molecule is CCCNC(Cc1cnn(C)c1)C1CN(CC)CCO1. The van der Waals surface area contributed by atoms with Crippen LogP contribution in [0.5, 0.6) is 0 Å². The zero-order valence-corrected chi connectivity index (χ0v) is 13.0. The first-order valence-corrected chi connectivity index (χ1v) is 7.77. The molecule has 2 rings (SSSR count). The minimum absolute atomic E-state index is 0.274. The lowest BCUT2D eigenvalue weighted by molar-refractivity contribution is -0.0447. The minimum atomic E-state index is 0.274. The first-order valence-electron chi connectivity index (χ1n) is 7.77. The highest BCUT2D eigenvalue weighted by Crippen LogP contribution is 2.13. The molecule has 1 aromatic rings. The van der Waals surface area contributed by atoms with E-state index in [-0.39, 0.29) is 6.10 Å². The third kappa shape index (κ3) is 4.30. The third-order valence-electron chi connectivity index (χ3n) is 3.94. The highest BCUT2D eigenvalue weighted by atomic mass is 16.5. The number of nitrogens with one attached hydrogen (secondary N) is 1. The summed E-state index contributed by atoms with van der Waals surface area (Å²) in [4.78, 5) is 2.47. The number of aromatic nitrogens is 2. The summed E-state index contributed by atoms with van der Waals surface area (Å²) < 4.78 is 7.88. The molecule has 0 aromatic carbocycles. The van der Waals surface area contributed by atoms with Crippen LogP contribution in [-0.2, 0) is 18.2 Å². The van der Waals surface area contributed by atoms with Crippen molar-refractivity contribution in [1.82, 2.24) is 20.0 Å². The molecule has 1 aliphatic heterocycles. The van der Waals surface area contributed by atoms with E-state index in [9.17, 15) is 0 Å². The smallest absolute Gasteiger partial charge is 0.0858 e. The van der Waals surface area contributed by atoms with Crippen LogP contribution in [-0.4, -0.2) is 59.6 Å². The molecule has 0 bridgehead atoms. The van der Waals surface area contributed by atoms with Gasteiger partial charge in [0.25, 0.3) is 0 Å². The van der Waals surface area contributed by atoms with Crippen LogP contribution in [0.25, 0.3) is 0 Å². The maximum atomic E-state index is 6.02. The quantitative estimate of drug-likeness (QED) is 0.811. The molecule has 0 amide bonds. The molecule has 20 heavy (non-hydrogen) atoms. The number of likely N-dealkylation sites (N-methyl/N-ethyl adjacent to an activating group) is 1. The zero-order chi connectivity index (χ0) is 14.4. The van der Waals surface area contributed by atoms with Gasteiger partial charge in [-0.25, -0.2) is 0 Å². The summed E-state index contributed by atoms with van der Waals surface area (Å²) in [6.45, 7) is 9.49. The van der Waals surface area contributed by atoms with E-state index in [1.807, 2.05) is 17.9 Å². The van der Waals surface area contributed by atoms with Gasteiger partial charge in [-0.15, -0.1) is 0 Å². The van der Waals surface area contributed by atoms with Gasteiger partial charge >= 0.3 is 0 Å². The van der Waals surface area contributed by atoms with Crippen LogP contribution in [0.15, 0.2) is 12.4 Å². The maximum absolute atomic E-state index is 6.02. The van der Waals surface area contributed by atoms with Crippen molar-refractivity contribution in [2.75, 3.05) is 32.8 Å². The van der Waals surface area contributed by atoms with Gasteiger partial charge in [-0.05, 0) is 31.5 Å². The van der Waals surface area contributed by atoms with E-state index in [4.69, 9.17) is 4.74 Å². The molecule has 0 saturated carbocycles. The summed E-state index contributed by atoms with van der Waals surface area (Å²) in [6.07, 6.45) is 6.46. The predicted molar refractivity (Wildman–Crippen MR) is 80.8 cm³/mol. The second-order valence-electron chi connectivity index (χ2n) is 5.59. The fraction of sp³-hybridized carbons (Fsp3) is 0.800. The Morgan fingerprint density at radius 3 is 3.00 bits per heavy atom. The minimum Gasteiger partial charge on any atom is -0.374 e. The Morgan fingerprint density at radius 1 is 1.50 bits per heavy atom. The van der Waals surface area contributed by atoms with Gasteiger partial charge in [-0.1, -0.05) is 13.8 Å². The first-order chi connectivity index (χ1) is 9.72. The molecule has 2 unspecified atom stereocenters. The second kappa shape index (κ2) is 7.76. The Bertz CT molecular complexity index is 393. The molecule has 0 radical (unpaired) electrons. The van der Waals surface area contributed by atoms with Crippen molar-refractivity contribution >= 4 is 0 Å². The number of nitrogens with zero attached hydrogens (tertiary/aromatic N) is 3. The molecule has 5 heteroatoms. The van der Waals surface area contributed by atoms with Crippen molar-refractivity contribution in [2.45, 2.75) is 38.8 Å². The molecule has 1 saturated heterocycles. The van der Waals surface area contributed by atoms with E-state index in [2.05, 4.69) is 35.4 Å². The van der Waals surface area contributed by atoms with Crippen molar-refractivity contribution in [2.24, 2.45) is 7.05 Å². The lowest BCUT2D eigenvalue weighted by Gasteiger charge is -2.37. The molecular formula is C15H28N4O. The summed E-state index contributed by atoms with van der Waals surface area (Å²) in [5.41, 5.74) is 1.28. The van der Waals surface area contributed by atoms with E-state index < -0.39 is 0 Å². The molecule has 1 aliphatic rings. The standard InChI is InChI=1S/C15H28N4O/c1-4-6-16-14(9-13-10-17-18(3)11-13)15-12-19(5-2)7-8-20-15/h10-11,14-16H,4-9,12H2,1-3H3. The number of morpholine rings is 1. The van der Waals surface area contributed by atoms with E-state index in [0.29, 0.717) is 6.04 Å². The average Bonchev–Trinajstić information content (AvgIpc) is 2.88. The Morgan fingerprint density at radius 2 is 2.35 bits per heavy atom. The molecule has 2 atom stereocenters. The Kier molecular flexibility index (Phi) is 6.01. The first kappa shape index (κ1) is 15.5. The highest BCUT2D eigenvalue weighted by molar-refractivity contribution is 5.07. The largest absolute Gasteiger partial charge is 0.374 e. The number of ether oxygens (including phenoxy) is 1. The number of hydrogen-bond acceptors (Lipinski definition) is 4. The summed E-state index contributed by atoms with van der Waals surface area (Å²) in [7, 11) is 1.97. The summed E-state index contributed by atoms with van der Waals surface area (Å²) >= 11 is 0. The molecule has 114 valence electrons. The zero-order valence-electron chi connectivity index (χ0n) is 13.0. The van der Waals surface area contributed by atoms with Gasteiger partial charge < -0.3 is 10.1 Å². The lowest BCUT2D eigenvalue weighted by Crippen LogP contribution is -2.53. The Labute approximate surface area is 122 Å². The maximum Gasteiger partial charge on any atom is 0.0858 e. The normalized spacial score (nSPS) is 22.1. The van der Waals surface area contributed by atoms with Crippen LogP contribution in [0.1, 0.15) is 25.8 Å². The summed E-state index contributed by atoms with van der Waals surface area (Å²) in [6, 6.07) is 0.369. The fourth-order valence-corrected chi connectivity index (χ4v) is 2.76. The predicted octanol–water partition coefficient (Wildman–Crippen LogP) is 1.05. The molecule has 0 spiro atoms. The molecule has 1 fully saturated rings. The van der Waals surface area contributed by atoms with Crippen LogP contribution in [0.4, 0.5) is 0 Å². The Balaban J connectivity index is 1.98. The molecule has 0 aliphatic carbocycles. The molecular weight excluding hydrogens is 252 g/mol. The molecule has 5 nitrogen and oxygen atoms in total. The van der Waals surface area contributed by atoms with Gasteiger partial charge in [0.05, 0.1) is 18.9 Å². The number of aryl methyl sites for hydroxylation is 1. The number of hydrogen-bond donors (Lipinski definition) is 1. The van der Waals surface area contributed by atoms with E-state index in [1.54, 1.807) is 0 Å². The molecule has 1 N–H and O–H groups in total. The second-order valence-corrected chi connectivity index (χ2v) is 5.59. The van der Waals surface area contributed by atoms with Crippen LogP contribution >= 0.6 is 0 Å². The van der Waals surface area contributed by atoms with E-state index in [1.165, 1.54) is 5.56 Å². The lowest BCUT2D eigenvalue weighted by atomic mass is 10.0. The van der Waals surface area contributed by atoms with Crippen molar-refractivity contribution in [3.05, 3.63) is 18.0 Å². The Hall–Kier alpha value is -0.910. The van der Waals surface area contributed by atoms with Gasteiger partial charge in [-0.2, -0.15) is 5.10 Å². The topological polar surface area (TPSA) is 42.3 Å². The number of rotatable bonds is 7.